The molecule has 1 fully saturated rings. The van der Waals surface area contributed by atoms with Crippen LogP contribution in [0.5, 0.6) is 0 Å². The van der Waals surface area contributed by atoms with Gasteiger partial charge >= 0.3 is 24.6 Å². The molecular formula is C13H14F14N2O. The minimum Gasteiger partial charge on any atom is -0.369 e. The van der Waals surface area contributed by atoms with Crippen LogP contribution in [0, 0.1) is 0 Å². The van der Waals surface area contributed by atoms with Gasteiger partial charge in [-0.3, -0.25) is 4.90 Å². The standard InChI is InChI=1S/C13H14F14N2O/c14-7(11(19,20)21)9(15,16)5-30-6-10(17,18)8(12(22,23)24)28-1-3-29(4-2-28)13(25,26)27/h7-8H,1-6H2. The zero-order chi connectivity index (χ0) is 23.8. The highest BCUT2D eigenvalue weighted by molar-refractivity contribution is 4.94. The van der Waals surface area contributed by atoms with Crippen LogP contribution in [-0.4, -0.2) is 91.9 Å². The second kappa shape index (κ2) is 8.80. The van der Waals surface area contributed by atoms with Gasteiger partial charge in [0.2, 0.25) is 0 Å². The second-order valence-corrected chi connectivity index (χ2v) is 6.35. The van der Waals surface area contributed by atoms with Crippen LogP contribution in [0.25, 0.3) is 0 Å². The van der Waals surface area contributed by atoms with E-state index in [-0.39, 0.29) is 9.80 Å². The molecule has 1 aliphatic rings. The van der Waals surface area contributed by atoms with Crippen molar-refractivity contribution in [1.29, 1.82) is 0 Å². The van der Waals surface area contributed by atoms with Crippen LogP contribution in [0.4, 0.5) is 61.5 Å². The Labute approximate surface area is 159 Å². The number of hydrogen-bond donors (Lipinski definition) is 0. The minimum atomic E-state index is -6.08. The molecule has 0 aliphatic carbocycles. The van der Waals surface area contributed by atoms with E-state index in [9.17, 15) is 61.5 Å². The zero-order valence-corrected chi connectivity index (χ0v) is 14.5. The Balaban J connectivity index is 2.84. The first-order valence-corrected chi connectivity index (χ1v) is 7.86. The van der Waals surface area contributed by atoms with Gasteiger partial charge in [0.25, 0.3) is 12.1 Å². The number of halogens is 14. The van der Waals surface area contributed by atoms with E-state index in [1.165, 1.54) is 0 Å². The third-order valence-electron chi connectivity index (χ3n) is 4.00. The fourth-order valence-corrected chi connectivity index (χ4v) is 2.66. The number of nitrogens with zero attached hydrogens (tertiary/aromatic N) is 2. The van der Waals surface area contributed by atoms with E-state index in [0.717, 1.165) is 0 Å². The van der Waals surface area contributed by atoms with Crippen LogP contribution < -0.4 is 0 Å². The predicted octanol–water partition coefficient (Wildman–Crippen LogP) is 4.24. The molecule has 0 amide bonds. The monoisotopic (exact) mass is 480 g/mol. The average molecular weight is 480 g/mol. The van der Waals surface area contributed by atoms with Gasteiger partial charge in [0, 0.05) is 26.2 Å². The molecule has 0 spiro atoms. The summed E-state index contributed by atoms with van der Waals surface area (Å²) >= 11 is 0. The lowest BCUT2D eigenvalue weighted by Gasteiger charge is -2.42. The molecule has 0 aromatic carbocycles. The van der Waals surface area contributed by atoms with Crippen LogP contribution in [0.2, 0.25) is 0 Å². The normalized spacial score (nSPS) is 21.0. The molecule has 180 valence electrons. The fourth-order valence-electron chi connectivity index (χ4n) is 2.66. The van der Waals surface area contributed by atoms with Gasteiger partial charge in [0.05, 0.1) is 0 Å². The summed E-state index contributed by atoms with van der Waals surface area (Å²) in [6.07, 6.45) is -21.6. The van der Waals surface area contributed by atoms with Gasteiger partial charge in [0.1, 0.15) is 13.2 Å². The maximum absolute atomic E-state index is 14.0. The smallest absolute Gasteiger partial charge is 0.369 e. The molecule has 30 heavy (non-hydrogen) atoms. The number of piperazine rings is 1. The molecule has 0 aromatic heterocycles. The van der Waals surface area contributed by atoms with Crippen molar-refractivity contribution in [3.05, 3.63) is 0 Å². The van der Waals surface area contributed by atoms with E-state index in [4.69, 9.17) is 0 Å². The van der Waals surface area contributed by atoms with Crippen molar-refractivity contribution >= 4 is 0 Å². The Morgan fingerprint density at radius 1 is 0.633 bits per heavy atom. The van der Waals surface area contributed by atoms with Crippen molar-refractivity contribution in [1.82, 2.24) is 9.80 Å². The first kappa shape index (κ1) is 26.9. The Kier molecular flexibility index (Phi) is 7.90. The molecule has 0 aromatic rings. The summed E-state index contributed by atoms with van der Waals surface area (Å²) in [5.74, 6) is -10.4. The van der Waals surface area contributed by atoms with Gasteiger partial charge in [-0.25, -0.2) is 26.9 Å². The highest BCUT2D eigenvalue weighted by Gasteiger charge is 2.61. The third-order valence-corrected chi connectivity index (χ3v) is 4.00. The number of ether oxygens (including phenoxy) is 1. The largest absolute Gasteiger partial charge is 0.460 e. The first-order chi connectivity index (χ1) is 13.2. The highest BCUT2D eigenvalue weighted by atomic mass is 19.4. The van der Waals surface area contributed by atoms with E-state index in [1.807, 2.05) is 0 Å². The van der Waals surface area contributed by atoms with Crippen molar-refractivity contribution in [2.75, 3.05) is 39.4 Å². The molecule has 1 saturated heterocycles. The molecule has 17 heteroatoms. The number of hydrogen-bond acceptors (Lipinski definition) is 3. The van der Waals surface area contributed by atoms with Gasteiger partial charge in [0.15, 0.2) is 6.04 Å². The quantitative estimate of drug-likeness (QED) is 0.401. The summed E-state index contributed by atoms with van der Waals surface area (Å²) < 4.78 is 183. The molecule has 2 atom stereocenters. The molecule has 1 aliphatic heterocycles. The summed E-state index contributed by atoms with van der Waals surface area (Å²) in [5.41, 5.74) is 0. The Hall–Kier alpha value is -1.10. The Bertz CT molecular complexity index is 550. The summed E-state index contributed by atoms with van der Waals surface area (Å²) in [6.45, 7) is -9.53. The molecule has 3 nitrogen and oxygen atoms in total. The second-order valence-electron chi connectivity index (χ2n) is 6.35. The van der Waals surface area contributed by atoms with Crippen LogP contribution in [0.3, 0.4) is 0 Å². The van der Waals surface area contributed by atoms with E-state index >= 15 is 0 Å². The fraction of sp³-hybridized carbons (Fsp3) is 1.00. The highest BCUT2D eigenvalue weighted by Crippen LogP contribution is 2.39. The van der Waals surface area contributed by atoms with Crippen molar-refractivity contribution in [2.24, 2.45) is 0 Å². The minimum absolute atomic E-state index is 0.0720. The number of rotatable bonds is 7. The molecule has 0 bridgehead atoms. The van der Waals surface area contributed by atoms with Crippen LogP contribution in [-0.2, 0) is 4.74 Å². The lowest BCUT2D eigenvalue weighted by Crippen LogP contribution is -2.63. The Morgan fingerprint density at radius 2 is 1.07 bits per heavy atom. The summed E-state index contributed by atoms with van der Waals surface area (Å²) in [6, 6.07) is -3.77. The van der Waals surface area contributed by atoms with Crippen LogP contribution >= 0.6 is 0 Å². The average Bonchev–Trinajstić information content (AvgIpc) is 2.50. The van der Waals surface area contributed by atoms with Gasteiger partial charge in [-0.05, 0) is 0 Å². The summed E-state index contributed by atoms with van der Waals surface area (Å²) in [5, 5.41) is 0. The molecule has 2 unspecified atom stereocenters. The lowest BCUT2D eigenvalue weighted by molar-refractivity contribution is -0.284. The van der Waals surface area contributed by atoms with Gasteiger partial charge in [-0.1, -0.05) is 0 Å². The topological polar surface area (TPSA) is 15.7 Å². The first-order valence-electron chi connectivity index (χ1n) is 7.86. The summed E-state index contributed by atoms with van der Waals surface area (Å²) in [7, 11) is 0. The van der Waals surface area contributed by atoms with Gasteiger partial charge in [-0.15, -0.1) is 0 Å². The van der Waals surface area contributed by atoms with Gasteiger partial charge in [-0.2, -0.15) is 39.5 Å². The van der Waals surface area contributed by atoms with Crippen molar-refractivity contribution < 1.29 is 66.2 Å². The molecule has 0 N–H and O–H groups in total. The van der Waals surface area contributed by atoms with E-state index < -0.39 is 82.1 Å². The maximum atomic E-state index is 14.0. The van der Waals surface area contributed by atoms with E-state index in [1.54, 1.807) is 0 Å². The van der Waals surface area contributed by atoms with Crippen molar-refractivity contribution in [3.63, 3.8) is 0 Å². The van der Waals surface area contributed by atoms with Gasteiger partial charge < -0.3 is 4.74 Å². The molecule has 0 radical (unpaired) electrons. The van der Waals surface area contributed by atoms with Crippen LogP contribution in [0.15, 0.2) is 0 Å². The lowest BCUT2D eigenvalue weighted by atomic mass is 10.1. The number of alkyl halides is 14. The zero-order valence-electron chi connectivity index (χ0n) is 14.5. The Morgan fingerprint density at radius 3 is 1.43 bits per heavy atom. The van der Waals surface area contributed by atoms with Crippen molar-refractivity contribution in [2.45, 2.75) is 42.7 Å². The van der Waals surface area contributed by atoms with Crippen LogP contribution in [0.1, 0.15) is 0 Å². The molecule has 1 rings (SSSR count). The SMILES string of the molecule is FC(C(F)(F)F)C(F)(F)COCC(F)(F)C(N1CCN(C(F)(F)F)CC1)C(F)(F)F. The molecular weight excluding hydrogens is 466 g/mol. The maximum Gasteiger partial charge on any atom is 0.460 e. The van der Waals surface area contributed by atoms with E-state index in [2.05, 4.69) is 4.74 Å². The molecule has 1 heterocycles. The predicted molar refractivity (Wildman–Crippen MR) is 70.7 cm³/mol. The third kappa shape index (κ3) is 6.96. The van der Waals surface area contributed by atoms with Crippen molar-refractivity contribution in [3.8, 4) is 0 Å². The van der Waals surface area contributed by atoms with E-state index in [0.29, 0.717) is 0 Å². The summed E-state index contributed by atoms with van der Waals surface area (Å²) in [4.78, 5) is -0.304. The molecule has 0 saturated carbocycles.